The van der Waals surface area contributed by atoms with E-state index >= 15 is 0 Å². The normalized spacial score (nSPS) is 13.1. The van der Waals surface area contributed by atoms with Gasteiger partial charge in [-0.15, -0.1) is 0 Å². The first kappa shape index (κ1) is 16.1. The molecule has 0 aliphatic rings. The molecule has 0 saturated carbocycles. The lowest BCUT2D eigenvalue weighted by atomic mass is 10.3. The highest BCUT2D eigenvalue weighted by atomic mass is 127. The Bertz CT molecular complexity index is 576. The second-order valence-corrected chi connectivity index (χ2v) is 13.6. The van der Waals surface area contributed by atoms with Crippen LogP contribution in [0, 0.1) is 3.57 Å². The van der Waals surface area contributed by atoms with Crippen molar-refractivity contribution in [3.05, 3.63) is 34.0 Å². The van der Waals surface area contributed by atoms with Crippen molar-refractivity contribution in [1.29, 1.82) is 0 Å². The summed E-state index contributed by atoms with van der Waals surface area (Å²) in [6, 6.07) is 8.94. The van der Waals surface area contributed by atoms with Gasteiger partial charge in [-0.1, -0.05) is 53.7 Å². The molecule has 110 valence electrons. The quantitative estimate of drug-likeness (QED) is 0.422. The summed E-state index contributed by atoms with van der Waals surface area (Å²) < 4.78 is 4.08. The van der Waals surface area contributed by atoms with Gasteiger partial charge < -0.3 is 4.23 Å². The Balaban J connectivity index is 2.82. The van der Waals surface area contributed by atoms with Gasteiger partial charge in [-0.25, -0.2) is 0 Å². The molecule has 2 aromatic rings. The largest absolute Gasteiger partial charge is 0.372 e. The van der Waals surface area contributed by atoms with E-state index in [1.165, 1.54) is 14.5 Å². The summed E-state index contributed by atoms with van der Waals surface area (Å²) in [7, 11) is -1.64. The molecule has 1 aromatic heterocycles. The first-order valence-corrected chi connectivity index (χ1v) is 10.8. The van der Waals surface area contributed by atoms with Crippen molar-refractivity contribution < 1.29 is 0 Å². The van der Waals surface area contributed by atoms with Gasteiger partial charge in [0, 0.05) is 3.57 Å². The third kappa shape index (κ3) is 2.27. The maximum absolute atomic E-state index is 2.70. The molecule has 0 N–H and O–H groups in total. The van der Waals surface area contributed by atoms with Gasteiger partial charge >= 0.3 is 0 Å². The Hall–Kier alpha value is -0.293. The minimum absolute atomic E-state index is 0.731. The van der Waals surface area contributed by atoms with E-state index in [-0.39, 0.29) is 0 Å². The van der Waals surface area contributed by atoms with Crippen molar-refractivity contribution in [2.45, 2.75) is 58.2 Å². The van der Waals surface area contributed by atoms with Gasteiger partial charge in [0.1, 0.15) is 0 Å². The van der Waals surface area contributed by atoms with E-state index in [0.717, 1.165) is 16.6 Å². The lowest BCUT2D eigenvalue weighted by Gasteiger charge is -2.44. The molecule has 0 unspecified atom stereocenters. The van der Waals surface area contributed by atoms with Crippen LogP contribution in [0.4, 0.5) is 0 Å². The molecule has 0 atom stereocenters. The average Bonchev–Trinajstić information content (AvgIpc) is 2.74. The predicted molar refractivity (Wildman–Crippen MR) is 101 cm³/mol. The summed E-state index contributed by atoms with van der Waals surface area (Å²) in [6.45, 7) is 14.5. The van der Waals surface area contributed by atoms with Crippen molar-refractivity contribution >= 4 is 41.7 Å². The van der Waals surface area contributed by atoms with Crippen molar-refractivity contribution in [3.63, 3.8) is 0 Å². The molecule has 0 aliphatic heterocycles. The SMILES string of the molecule is CC(C)[Si](C(C)C)(C(C)C)n1ccc2cccc(I)c21. The summed E-state index contributed by atoms with van der Waals surface area (Å²) in [5, 5.41) is 1.38. The molecule has 1 aromatic carbocycles. The smallest absolute Gasteiger partial charge is 0.169 e. The molecule has 3 heteroatoms. The molecule has 0 fully saturated rings. The fraction of sp³-hybridized carbons (Fsp3) is 0.529. The van der Waals surface area contributed by atoms with Crippen LogP contribution < -0.4 is 0 Å². The molecule has 0 bridgehead atoms. The topological polar surface area (TPSA) is 4.93 Å². The number of halogens is 1. The maximum atomic E-state index is 2.70. The lowest BCUT2D eigenvalue weighted by molar-refractivity contribution is 0.772. The number of fused-ring (bicyclic) bond motifs is 1. The molecular formula is C17H26INSi. The van der Waals surface area contributed by atoms with Gasteiger partial charge in [0.15, 0.2) is 8.24 Å². The first-order chi connectivity index (χ1) is 9.33. The Morgan fingerprint density at radius 3 is 1.95 bits per heavy atom. The number of nitrogens with zero attached hydrogens (tertiary/aromatic N) is 1. The number of benzene rings is 1. The zero-order valence-corrected chi connectivity index (χ0v) is 16.6. The van der Waals surface area contributed by atoms with Crippen LogP contribution in [0.15, 0.2) is 30.5 Å². The number of hydrogen-bond acceptors (Lipinski definition) is 0. The molecule has 2 rings (SSSR count). The van der Waals surface area contributed by atoms with Gasteiger partial charge in [-0.3, -0.25) is 0 Å². The number of aromatic nitrogens is 1. The Morgan fingerprint density at radius 2 is 1.45 bits per heavy atom. The number of rotatable bonds is 4. The molecule has 1 nitrogen and oxygen atoms in total. The van der Waals surface area contributed by atoms with E-state index in [2.05, 4.69) is 98.8 Å². The van der Waals surface area contributed by atoms with Crippen LogP contribution in [-0.4, -0.2) is 12.5 Å². The fourth-order valence-electron chi connectivity index (χ4n) is 4.31. The monoisotopic (exact) mass is 399 g/mol. The Kier molecular flexibility index (Phi) is 4.69. The number of para-hydroxylation sites is 1. The van der Waals surface area contributed by atoms with Crippen molar-refractivity contribution in [1.82, 2.24) is 4.23 Å². The maximum Gasteiger partial charge on any atom is 0.169 e. The lowest BCUT2D eigenvalue weighted by Crippen LogP contribution is -2.51. The second kappa shape index (κ2) is 5.83. The van der Waals surface area contributed by atoms with Gasteiger partial charge in [-0.2, -0.15) is 0 Å². The van der Waals surface area contributed by atoms with Gasteiger partial charge in [0.25, 0.3) is 0 Å². The average molecular weight is 399 g/mol. The zero-order valence-electron chi connectivity index (χ0n) is 13.4. The predicted octanol–water partition coefficient (Wildman–Crippen LogP) is 6.27. The van der Waals surface area contributed by atoms with Gasteiger partial charge in [0.05, 0.1) is 5.52 Å². The van der Waals surface area contributed by atoms with E-state index < -0.39 is 8.24 Å². The van der Waals surface area contributed by atoms with Crippen LogP contribution in [0.2, 0.25) is 16.6 Å². The summed E-state index contributed by atoms with van der Waals surface area (Å²) in [4.78, 5) is 0. The van der Waals surface area contributed by atoms with Crippen LogP contribution in [0.3, 0.4) is 0 Å². The summed E-state index contributed by atoms with van der Waals surface area (Å²) in [5.41, 5.74) is 3.65. The molecule has 0 radical (unpaired) electrons. The molecule has 0 aliphatic carbocycles. The first-order valence-electron chi connectivity index (χ1n) is 7.59. The Labute approximate surface area is 138 Å². The summed E-state index contributed by atoms with van der Waals surface area (Å²) in [6.07, 6.45) is 2.36. The molecule has 20 heavy (non-hydrogen) atoms. The van der Waals surface area contributed by atoms with Crippen LogP contribution >= 0.6 is 22.6 Å². The molecule has 0 amide bonds. The summed E-state index contributed by atoms with van der Waals surface area (Å²) >= 11 is 2.49. The van der Waals surface area contributed by atoms with Crippen LogP contribution in [0.25, 0.3) is 10.9 Å². The second-order valence-electron chi connectivity index (χ2n) is 6.71. The molecular weight excluding hydrogens is 373 g/mol. The van der Waals surface area contributed by atoms with Crippen molar-refractivity contribution in [2.75, 3.05) is 0 Å². The molecule has 0 spiro atoms. The minimum atomic E-state index is -1.64. The highest BCUT2D eigenvalue weighted by Gasteiger charge is 2.45. The van der Waals surface area contributed by atoms with Gasteiger partial charge in [-0.05, 0) is 62.9 Å². The summed E-state index contributed by atoms with van der Waals surface area (Å²) in [5.74, 6) is 0. The van der Waals surface area contributed by atoms with Crippen molar-refractivity contribution in [2.24, 2.45) is 0 Å². The third-order valence-corrected chi connectivity index (χ3v) is 12.5. The van der Waals surface area contributed by atoms with E-state index in [4.69, 9.17) is 0 Å². The fourth-order valence-corrected chi connectivity index (χ4v) is 12.0. The molecule has 1 heterocycles. The number of hydrogen-bond donors (Lipinski definition) is 0. The van der Waals surface area contributed by atoms with Crippen molar-refractivity contribution in [3.8, 4) is 0 Å². The molecule has 0 saturated heterocycles. The van der Waals surface area contributed by atoms with E-state index in [9.17, 15) is 0 Å². The highest BCUT2D eigenvalue weighted by molar-refractivity contribution is 14.1. The third-order valence-electron chi connectivity index (χ3n) is 4.85. The van der Waals surface area contributed by atoms with Gasteiger partial charge in [0.2, 0.25) is 0 Å². The zero-order chi connectivity index (χ0) is 15.1. The van der Waals surface area contributed by atoms with Crippen LogP contribution in [0.5, 0.6) is 0 Å². The van der Waals surface area contributed by atoms with E-state index in [1.54, 1.807) is 0 Å². The minimum Gasteiger partial charge on any atom is -0.372 e. The highest BCUT2D eigenvalue weighted by Crippen LogP contribution is 2.44. The van der Waals surface area contributed by atoms with Crippen LogP contribution in [-0.2, 0) is 0 Å². The Morgan fingerprint density at radius 1 is 0.900 bits per heavy atom. The van der Waals surface area contributed by atoms with E-state index in [0.29, 0.717) is 0 Å². The van der Waals surface area contributed by atoms with E-state index in [1.807, 2.05) is 0 Å². The standard InChI is InChI=1S/C17H26INSi/c1-12(2)20(13(3)4,14(5)6)19-11-10-15-8-7-9-16(18)17(15)19/h7-14H,1-6H3. The van der Waals surface area contributed by atoms with Crippen LogP contribution in [0.1, 0.15) is 41.5 Å².